The van der Waals surface area contributed by atoms with Gasteiger partial charge in [0.05, 0.1) is 29.6 Å². The van der Waals surface area contributed by atoms with E-state index in [1.165, 1.54) is 12.1 Å². The molecule has 1 saturated heterocycles. The van der Waals surface area contributed by atoms with Gasteiger partial charge in [0.2, 0.25) is 10.0 Å². The van der Waals surface area contributed by atoms with E-state index in [2.05, 4.69) is 4.72 Å². The second-order valence-corrected chi connectivity index (χ2v) is 10.0. The summed E-state index contributed by atoms with van der Waals surface area (Å²) >= 11 is 0. The van der Waals surface area contributed by atoms with Gasteiger partial charge >= 0.3 is 0 Å². The molecule has 2 aliphatic rings. The summed E-state index contributed by atoms with van der Waals surface area (Å²) in [7, 11) is -7.05. The molecule has 3 rings (SSSR count). The molecule has 0 saturated carbocycles. The number of sulfone groups is 1. The summed E-state index contributed by atoms with van der Waals surface area (Å²) in [6, 6.07) is 4.40. The molecule has 0 amide bonds. The fraction of sp³-hybridized carbons (Fsp3) is 0.571. The van der Waals surface area contributed by atoms with E-state index in [9.17, 15) is 16.8 Å². The molecule has 0 bridgehead atoms. The highest BCUT2D eigenvalue weighted by atomic mass is 32.2. The molecule has 23 heavy (non-hydrogen) atoms. The van der Waals surface area contributed by atoms with E-state index in [0.29, 0.717) is 24.7 Å². The Balaban J connectivity index is 1.87. The lowest BCUT2D eigenvalue weighted by molar-refractivity contribution is 0.297. The number of rotatable bonds is 3. The van der Waals surface area contributed by atoms with Crippen LogP contribution < -0.4 is 14.2 Å². The first-order valence-electron chi connectivity index (χ1n) is 7.33. The van der Waals surface area contributed by atoms with E-state index in [0.717, 1.165) is 6.42 Å². The van der Waals surface area contributed by atoms with Gasteiger partial charge in [0.25, 0.3) is 0 Å². The van der Waals surface area contributed by atoms with Gasteiger partial charge in [-0.05, 0) is 25.5 Å². The molecule has 1 aromatic rings. The normalized spacial score (nSPS) is 26.7. The van der Waals surface area contributed by atoms with Crippen LogP contribution in [0.4, 0.5) is 0 Å². The molecule has 0 aromatic heterocycles. The monoisotopic (exact) mass is 361 g/mol. The number of hydrogen-bond acceptors (Lipinski definition) is 6. The van der Waals surface area contributed by atoms with E-state index in [1.54, 1.807) is 13.0 Å². The van der Waals surface area contributed by atoms with Crippen molar-refractivity contribution in [1.82, 2.24) is 4.72 Å². The number of nitrogens with one attached hydrogen (secondary N) is 1. The number of hydrogen-bond donors (Lipinski definition) is 1. The molecule has 1 fully saturated rings. The second kappa shape index (κ2) is 5.64. The Kier molecular flexibility index (Phi) is 4.06. The summed E-state index contributed by atoms with van der Waals surface area (Å²) in [6.45, 7) is 2.59. The van der Waals surface area contributed by atoms with Gasteiger partial charge in [0.1, 0.15) is 0 Å². The Hall–Kier alpha value is -1.32. The molecule has 2 aliphatic heterocycles. The second-order valence-electron chi connectivity index (χ2n) is 6.17. The molecule has 9 heteroatoms. The average Bonchev–Trinajstić information content (AvgIpc) is 2.64. The molecule has 2 heterocycles. The Morgan fingerprint density at radius 2 is 1.87 bits per heavy atom. The first-order valence-corrected chi connectivity index (χ1v) is 10.6. The van der Waals surface area contributed by atoms with E-state index in [-0.39, 0.29) is 22.8 Å². The van der Waals surface area contributed by atoms with Crippen molar-refractivity contribution in [3.8, 4) is 11.5 Å². The average molecular weight is 361 g/mol. The fourth-order valence-corrected chi connectivity index (χ4v) is 6.42. The van der Waals surface area contributed by atoms with Crippen molar-refractivity contribution < 1.29 is 26.3 Å². The molecule has 1 atom stereocenters. The molecule has 0 spiro atoms. The third-order valence-corrected chi connectivity index (χ3v) is 7.45. The third-order valence-electron chi connectivity index (χ3n) is 3.91. The van der Waals surface area contributed by atoms with Gasteiger partial charge in [-0.1, -0.05) is 0 Å². The summed E-state index contributed by atoms with van der Waals surface area (Å²) < 4.78 is 61.9. The summed E-state index contributed by atoms with van der Waals surface area (Å²) in [4.78, 5) is 0.0345. The van der Waals surface area contributed by atoms with Crippen molar-refractivity contribution in [2.45, 2.75) is 30.2 Å². The number of fused-ring (bicyclic) bond motifs is 1. The quantitative estimate of drug-likeness (QED) is 0.851. The topological polar surface area (TPSA) is 98.8 Å². The van der Waals surface area contributed by atoms with Crippen molar-refractivity contribution in [3.05, 3.63) is 18.2 Å². The van der Waals surface area contributed by atoms with E-state index < -0.39 is 25.4 Å². The molecule has 7 nitrogen and oxygen atoms in total. The molecule has 1 N–H and O–H groups in total. The highest BCUT2D eigenvalue weighted by molar-refractivity contribution is 7.92. The van der Waals surface area contributed by atoms with Crippen LogP contribution in [-0.2, 0) is 19.9 Å². The van der Waals surface area contributed by atoms with Crippen LogP contribution in [0.25, 0.3) is 0 Å². The van der Waals surface area contributed by atoms with E-state index in [1.807, 2.05) is 0 Å². The number of ether oxygens (including phenoxy) is 2. The Morgan fingerprint density at radius 1 is 1.17 bits per heavy atom. The highest BCUT2D eigenvalue weighted by Crippen LogP contribution is 2.33. The van der Waals surface area contributed by atoms with Crippen LogP contribution in [0, 0.1) is 0 Å². The minimum absolute atomic E-state index is 0.00679. The maximum Gasteiger partial charge on any atom is 0.241 e. The fourth-order valence-electron chi connectivity index (χ4n) is 2.79. The van der Waals surface area contributed by atoms with Gasteiger partial charge in [-0.15, -0.1) is 0 Å². The lowest BCUT2D eigenvalue weighted by Gasteiger charge is -2.23. The predicted molar refractivity (Wildman–Crippen MR) is 84.0 cm³/mol. The van der Waals surface area contributed by atoms with Crippen LogP contribution in [0.15, 0.2) is 23.1 Å². The number of sulfonamides is 1. The van der Waals surface area contributed by atoms with Crippen molar-refractivity contribution in [3.63, 3.8) is 0 Å². The highest BCUT2D eigenvalue weighted by Gasteiger charge is 2.41. The van der Waals surface area contributed by atoms with Crippen LogP contribution in [-0.4, -0.2) is 47.1 Å². The van der Waals surface area contributed by atoms with Crippen LogP contribution in [0.5, 0.6) is 11.5 Å². The van der Waals surface area contributed by atoms with Crippen LogP contribution >= 0.6 is 0 Å². The largest absolute Gasteiger partial charge is 0.490 e. The Bertz CT molecular complexity index is 818. The van der Waals surface area contributed by atoms with Gasteiger partial charge in [-0.3, -0.25) is 0 Å². The van der Waals surface area contributed by atoms with Crippen LogP contribution in [0.1, 0.15) is 19.8 Å². The van der Waals surface area contributed by atoms with Gasteiger partial charge in [-0.2, -0.15) is 0 Å². The zero-order valence-electron chi connectivity index (χ0n) is 12.7. The van der Waals surface area contributed by atoms with Crippen molar-refractivity contribution in [2.75, 3.05) is 24.7 Å². The van der Waals surface area contributed by atoms with E-state index >= 15 is 0 Å². The predicted octanol–water partition coefficient (Wildman–Crippen LogP) is 0.703. The van der Waals surface area contributed by atoms with Crippen molar-refractivity contribution in [1.29, 1.82) is 0 Å². The molecular formula is C14H19NO6S2. The third kappa shape index (κ3) is 3.61. The van der Waals surface area contributed by atoms with Gasteiger partial charge < -0.3 is 9.47 Å². The van der Waals surface area contributed by atoms with Crippen LogP contribution in [0.2, 0.25) is 0 Å². The van der Waals surface area contributed by atoms with Gasteiger partial charge in [-0.25, -0.2) is 21.6 Å². The van der Waals surface area contributed by atoms with E-state index in [4.69, 9.17) is 9.47 Å². The minimum Gasteiger partial charge on any atom is -0.490 e. The first-order chi connectivity index (χ1) is 10.7. The maximum absolute atomic E-state index is 12.6. The minimum atomic E-state index is -3.85. The molecule has 1 unspecified atom stereocenters. The maximum atomic E-state index is 12.6. The molecule has 1 aromatic carbocycles. The summed E-state index contributed by atoms with van der Waals surface area (Å²) in [5.74, 6) is 0.697. The molecule has 0 aliphatic carbocycles. The summed E-state index contributed by atoms with van der Waals surface area (Å²) in [5, 5.41) is 0. The standard InChI is InChI=1S/C14H19NO6S2/c1-14(5-8-22(16,17)10-14)15-23(18,19)11-3-4-12-13(9-11)21-7-2-6-20-12/h3-4,9,15H,2,5-8,10H2,1H3. The lowest BCUT2D eigenvalue weighted by Crippen LogP contribution is -2.46. The SMILES string of the molecule is CC1(NS(=O)(=O)c2ccc3c(c2)OCCCO3)CCS(=O)(=O)C1. The molecule has 0 radical (unpaired) electrons. The molecule has 128 valence electrons. The zero-order valence-corrected chi connectivity index (χ0v) is 14.4. The van der Waals surface area contributed by atoms with Gasteiger partial charge in [0.15, 0.2) is 21.3 Å². The number of benzene rings is 1. The van der Waals surface area contributed by atoms with Gasteiger partial charge in [0, 0.05) is 18.0 Å². The zero-order chi connectivity index (χ0) is 16.7. The summed E-state index contributed by atoms with van der Waals surface area (Å²) in [5.41, 5.74) is -0.984. The van der Waals surface area contributed by atoms with Crippen molar-refractivity contribution >= 4 is 19.9 Å². The first kappa shape index (κ1) is 16.5. The van der Waals surface area contributed by atoms with Crippen molar-refractivity contribution in [2.24, 2.45) is 0 Å². The summed E-state index contributed by atoms with van der Waals surface area (Å²) in [6.07, 6.45) is 0.990. The Labute approximate surface area is 136 Å². The smallest absolute Gasteiger partial charge is 0.241 e. The molecular weight excluding hydrogens is 342 g/mol. The lowest BCUT2D eigenvalue weighted by atomic mass is 10.0. The van der Waals surface area contributed by atoms with Crippen LogP contribution in [0.3, 0.4) is 0 Å². The Morgan fingerprint density at radius 3 is 2.52 bits per heavy atom.